The molecule has 1 N–H and O–H groups in total. The molecule has 0 bridgehead atoms. The maximum Gasteiger partial charge on any atom is 0.253 e. The predicted octanol–water partition coefficient (Wildman–Crippen LogP) is 2.91. The second-order valence-electron chi connectivity index (χ2n) is 3.70. The monoisotopic (exact) mass is 308 g/mol. The van der Waals surface area contributed by atoms with E-state index in [0.29, 0.717) is 12.1 Å². The van der Waals surface area contributed by atoms with Crippen LogP contribution in [0.4, 0.5) is 4.39 Å². The van der Waals surface area contributed by atoms with Gasteiger partial charge in [-0.2, -0.15) is 0 Å². The number of carbonyl (C=O) groups excluding carboxylic acids is 1. The van der Waals surface area contributed by atoms with E-state index in [4.69, 9.17) is 0 Å². The first-order valence-corrected chi connectivity index (χ1v) is 6.07. The first-order valence-electron chi connectivity index (χ1n) is 5.28. The van der Waals surface area contributed by atoms with Crippen molar-refractivity contribution >= 4 is 21.8 Å². The third-order valence-electron chi connectivity index (χ3n) is 2.33. The van der Waals surface area contributed by atoms with Gasteiger partial charge in [0.05, 0.1) is 5.56 Å². The molecule has 0 aliphatic heterocycles. The molecule has 1 heterocycles. The van der Waals surface area contributed by atoms with Gasteiger partial charge < -0.3 is 5.32 Å². The summed E-state index contributed by atoms with van der Waals surface area (Å²) >= 11 is 3.25. The molecule has 0 aliphatic rings. The lowest BCUT2D eigenvalue weighted by Crippen LogP contribution is -2.22. The molecule has 5 heteroatoms. The molecule has 0 aliphatic carbocycles. The van der Waals surface area contributed by atoms with Crippen LogP contribution in [0.15, 0.2) is 47.2 Å². The Bertz CT molecular complexity index is 557. The van der Waals surface area contributed by atoms with E-state index in [0.717, 1.165) is 10.0 Å². The van der Waals surface area contributed by atoms with Gasteiger partial charge in [-0.15, -0.1) is 0 Å². The van der Waals surface area contributed by atoms with Crippen molar-refractivity contribution in [1.82, 2.24) is 10.3 Å². The van der Waals surface area contributed by atoms with Gasteiger partial charge in [-0.25, -0.2) is 4.39 Å². The van der Waals surface area contributed by atoms with Crippen LogP contribution in [0, 0.1) is 5.82 Å². The van der Waals surface area contributed by atoms with Crippen molar-refractivity contribution in [2.24, 2.45) is 0 Å². The lowest BCUT2D eigenvalue weighted by Gasteiger charge is -2.05. The van der Waals surface area contributed by atoms with Crippen LogP contribution in [0.25, 0.3) is 0 Å². The molecule has 0 radical (unpaired) electrons. The molecule has 1 aromatic carbocycles. The fourth-order valence-electron chi connectivity index (χ4n) is 1.42. The van der Waals surface area contributed by atoms with Crippen LogP contribution in [0.2, 0.25) is 0 Å². The summed E-state index contributed by atoms with van der Waals surface area (Å²) in [6, 6.07) is 7.68. The Labute approximate surface area is 112 Å². The zero-order valence-corrected chi connectivity index (χ0v) is 10.9. The first kappa shape index (κ1) is 12.7. The van der Waals surface area contributed by atoms with Crippen molar-refractivity contribution in [3.8, 4) is 0 Å². The van der Waals surface area contributed by atoms with Crippen molar-refractivity contribution in [2.75, 3.05) is 0 Å². The lowest BCUT2D eigenvalue weighted by atomic mass is 10.2. The summed E-state index contributed by atoms with van der Waals surface area (Å²) in [7, 11) is 0. The molecular weight excluding hydrogens is 299 g/mol. The van der Waals surface area contributed by atoms with Crippen LogP contribution >= 0.6 is 15.9 Å². The highest BCUT2D eigenvalue weighted by Crippen LogP contribution is 2.09. The zero-order valence-electron chi connectivity index (χ0n) is 9.36. The van der Waals surface area contributed by atoms with Crippen LogP contribution in [0.5, 0.6) is 0 Å². The quantitative estimate of drug-likeness (QED) is 0.947. The molecule has 0 atom stereocenters. The molecule has 18 heavy (non-hydrogen) atoms. The van der Waals surface area contributed by atoms with Gasteiger partial charge in [0.15, 0.2) is 0 Å². The van der Waals surface area contributed by atoms with Gasteiger partial charge in [-0.3, -0.25) is 9.78 Å². The van der Waals surface area contributed by atoms with E-state index >= 15 is 0 Å². The van der Waals surface area contributed by atoms with E-state index in [9.17, 15) is 9.18 Å². The highest BCUT2D eigenvalue weighted by molar-refractivity contribution is 9.10. The van der Waals surface area contributed by atoms with E-state index in [1.165, 1.54) is 18.3 Å². The molecule has 0 saturated carbocycles. The number of aromatic nitrogens is 1. The Morgan fingerprint density at radius 2 is 2.00 bits per heavy atom. The molecule has 2 aromatic rings. The van der Waals surface area contributed by atoms with E-state index in [1.54, 1.807) is 24.4 Å². The van der Waals surface area contributed by atoms with Crippen molar-refractivity contribution in [3.63, 3.8) is 0 Å². The number of amides is 1. The van der Waals surface area contributed by atoms with Gasteiger partial charge in [0.2, 0.25) is 0 Å². The summed E-state index contributed by atoms with van der Waals surface area (Å²) in [5.74, 6) is -0.505. The Hall–Kier alpha value is -1.75. The van der Waals surface area contributed by atoms with Crippen molar-refractivity contribution in [3.05, 3.63) is 64.1 Å². The summed E-state index contributed by atoms with van der Waals surface area (Å²) in [4.78, 5) is 15.7. The average Bonchev–Trinajstić information content (AvgIpc) is 2.38. The van der Waals surface area contributed by atoms with E-state index in [2.05, 4.69) is 26.2 Å². The van der Waals surface area contributed by atoms with Gasteiger partial charge in [0.1, 0.15) is 5.82 Å². The van der Waals surface area contributed by atoms with Gasteiger partial charge in [0, 0.05) is 23.4 Å². The number of nitrogens with zero attached hydrogens (tertiary/aromatic N) is 1. The van der Waals surface area contributed by atoms with Crippen molar-refractivity contribution in [1.29, 1.82) is 0 Å². The first-order chi connectivity index (χ1) is 8.65. The molecular formula is C13H10BrFN2O. The fraction of sp³-hybridized carbons (Fsp3) is 0.0769. The minimum Gasteiger partial charge on any atom is -0.348 e. The Morgan fingerprint density at radius 1 is 1.28 bits per heavy atom. The number of hydrogen-bond acceptors (Lipinski definition) is 2. The van der Waals surface area contributed by atoms with Crippen molar-refractivity contribution in [2.45, 2.75) is 6.54 Å². The predicted molar refractivity (Wildman–Crippen MR) is 69.5 cm³/mol. The van der Waals surface area contributed by atoms with Crippen LogP contribution < -0.4 is 5.32 Å². The molecule has 2 rings (SSSR count). The largest absolute Gasteiger partial charge is 0.348 e. The number of hydrogen-bond donors (Lipinski definition) is 1. The zero-order chi connectivity index (χ0) is 13.0. The van der Waals surface area contributed by atoms with E-state index in [1.807, 2.05) is 0 Å². The number of benzene rings is 1. The molecule has 0 saturated heterocycles. The molecule has 1 amide bonds. The third-order valence-corrected chi connectivity index (χ3v) is 2.77. The van der Waals surface area contributed by atoms with Crippen LogP contribution in [0.1, 0.15) is 15.9 Å². The Kier molecular flexibility index (Phi) is 4.04. The van der Waals surface area contributed by atoms with Crippen LogP contribution in [-0.2, 0) is 6.54 Å². The molecule has 0 fully saturated rings. The summed E-state index contributed by atoms with van der Waals surface area (Å²) in [5.41, 5.74) is 1.32. The van der Waals surface area contributed by atoms with E-state index < -0.39 is 0 Å². The molecule has 0 unspecified atom stereocenters. The van der Waals surface area contributed by atoms with Gasteiger partial charge >= 0.3 is 0 Å². The molecule has 1 aromatic heterocycles. The van der Waals surface area contributed by atoms with Gasteiger partial charge in [0.25, 0.3) is 5.91 Å². The number of nitrogens with one attached hydrogen (secondary N) is 1. The Balaban J connectivity index is 1.98. The smallest absolute Gasteiger partial charge is 0.253 e. The summed E-state index contributed by atoms with van der Waals surface area (Å²) in [5, 5.41) is 2.74. The SMILES string of the molecule is O=C(NCc1ccc(F)cc1)c1cncc(Br)c1. The summed E-state index contributed by atoms with van der Waals surface area (Å²) in [6.45, 7) is 0.353. The maximum atomic E-state index is 12.7. The Morgan fingerprint density at radius 3 is 2.67 bits per heavy atom. The maximum absolute atomic E-state index is 12.7. The van der Waals surface area contributed by atoms with Crippen LogP contribution in [0.3, 0.4) is 0 Å². The highest BCUT2D eigenvalue weighted by atomic mass is 79.9. The minimum absolute atomic E-state index is 0.215. The number of carbonyl (C=O) groups is 1. The summed E-state index contributed by atoms with van der Waals surface area (Å²) in [6.07, 6.45) is 3.10. The van der Waals surface area contributed by atoms with Crippen molar-refractivity contribution < 1.29 is 9.18 Å². The second-order valence-corrected chi connectivity index (χ2v) is 4.62. The highest BCUT2D eigenvalue weighted by Gasteiger charge is 2.06. The second kappa shape index (κ2) is 5.73. The van der Waals surface area contributed by atoms with Gasteiger partial charge in [-0.05, 0) is 39.7 Å². The normalized spacial score (nSPS) is 10.1. The molecule has 3 nitrogen and oxygen atoms in total. The molecule has 92 valence electrons. The minimum atomic E-state index is -0.290. The summed E-state index contributed by atoms with van der Waals surface area (Å²) < 4.78 is 13.4. The number of halogens is 2. The van der Waals surface area contributed by atoms with Gasteiger partial charge in [-0.1, -0.05) is 12.1 Å². The standard InChI is InChI=1S/C13H10BrFN2O/c14-11-5-10(7-16-8-11)13(18)17-6-9-1-3-12(15)4-2-9/h1-5,7-8H,6H2,(H,17,18). The van der Waals surface area contributed by atoms with E-state index in [-0.39, 0.29) is 11.7 Å². The molecule has 0 spiro atoms. The van der Waals surface area contributed by atoms with Crippen LogP contribution in [-0.4, -0.2) is 10.9 Å². The topological polar surface area (TPSA) is 42.0 Å². The lowest BCUT2D eigenvalue weighted by molar-refractivity contribution is 0.0950. The third kappa shape index (κ3) is 3.37. The average molecular weight is 309 g/mol. The number of pyridine rings is 1. The number of rotatable bonds is 3. The fourth-order valence-corrected chi connectivity index (χ4v) is 1.79.